The lowest BCUT2D eigenvalue weighted by molar-refractivity contribution is -0.870. The lowest BCUT2D eigenvalue weighted by Gasteiger charge is -2.30. The van der Waals surface area contributed by atoms with Gasteiger partial charge in [-0.2, -0.15) is 0 Å². The number of amides is 1. The van der Waals surface area contributed by atoms with Gasteiger partial charge in [-0.15, -0.1) is 0 Å². The fourth-order valence-corrected chi connectivity index (χ4v) is 8.57. The van der Waals surface area contributed by atoms with Gasteiger partial charge in [0.05, 0.1) is 33.8 Å². The summed E-state index contributed by atoms with van der Waals surface area (Å²) in [6, 6.07) is -0.935. The van der Waals surface area contributed by atoms with Gasteiger partial charge in [-0.1, -0.05) is 225 Å². The van der Waals surface area contributed by atoms with Crippen LogP contribution >= 0.6 is 7.82 Å². The number of phosphoric acid groups is 1. The molecule has 0 rings (SSSR count). The first-order valence-corrected chi connectivity index (χ1v) is 32.1. The average molecular weight is 1100 g/mol. The molecule has 0 bridgehead atoms. The predicted octanol–water partition coefficient (Wildman–Crippen LogP) is 18.4. The van der Waals surface area contributed by atoms with E-state index < -0.39 is 32.5 Å². The maximum Gasteiger partial charge on any atom is 0.306 e. The van der Waals surface area contributed by atoms with Crippen molar-refractivity contribution in [2.75, 3.05) is 40.9 Å². The van der Waals surface area contributed by atoms with Crippen molar-refractivity contribution in [2.24, 2.45) is 0 Å². The molecule has 78 heavy (non-hydrogen) atoms. The Balaban J connectivity index is 5.43. The van der Waals surface area contributed by atoms with Gasteiger partial charge >= 0.3 is 5.97 Å². The topological polar surface area (TPSA) is 114 Å². The highest BCUT2D eigenvalue weighted by atomic mass is 31.2. The van der Waals surface area contributed by atoms with Crippen molar-refractivity contribution in [1.82, 2.24) is 5.32 Å². The van der Waals surface area contributed by atoms with E-state index in [4.69, 9.17) is 13.8 Å². The number of carbonyl (C=O) groups is 2. The van der Waals surface area contributed by atoms with E-state index in [2.05, 4.69) is 160 Å². The van der Waals surface area contributed by atoms with Gasteiger partial charge in [0.1, 0.15) is 19.3 Å². The zero-order chi connectivity index (χ0) is 57.2. The number of carbonyl (C=O) groups excluding carboxylic acids is 2. The first-order chi connectivity index (χ1) is 37.9. The Morgan fingerprint density at radius 2 is 0.821 bits per heavy atom. The maximum absolute atomic E-state index is 13.5. The van der Waals surface area contributed by atoms with Crippen molar-refractivity contribution in [2.45, 2.75) is 232 Å². The molecule has 0 aliphatic rings. The van der Waals surface area contributed by atoms with Gasteiger partial charge in [-0.25, -0.2) is 0 Å². The molecule has 0 aromatic heterocycles. The summed E-state index contributed by atoms with van der Waals surface area (Å²) in [5, 5.41) is 2.99. The number of allylic oxidation sites excluding steroid dienone is 23. The molecule has 3 unspecified atom stereocenters. The number of phosphoric ester groups is 1. The lowest BCUT2D eigenvalue weighted by atomic mass is 10.1. The van der Waals surface area contributed by atoms with Crippen molar-refractivity contribution in [3.8, 4) is 0 Å². The molecule has 0 aliphatic heterocycles. The smallest absolute Gasteiger partial charge is 0.306 e. The van der Waals surface area contributed by atoms with Crippen molar-refractivity contribution >= 4 is 19.7 Å². The number of likely N-dealkylation sites (N-methyl/N-ethyl adjacent to an activating group) is 1. The number of unbranched alkanes of at least 4 members (excludes halogenated alkanes) is 15. The van der Waals surface area contributed by atoms with Crippen LogP contribution in [0.5, 0.6) is 0 Å². The Labute approximate surface area is 478 Å². The molecule has 1 amide bonds. The Morgan fingerprint density at radius 3 is 1.24 bits per heavy atom. The summed E-state index contributed by atoms with van der Waals surface area (Å²) in [6.07, 6.45) is 81.0. The molecule has 442 valence electrons. The van der Waals surface area contributed by atoms with Crippen molar-refractivity contribution in [3.63, 3.8) is 0 Å². The lowest BCUT2D eigenvalue weighted by Crippen LogP contribution is -2.47. The second-order valence-electron chi connectivity index (χ2n) is 21.1. The Morgan fingerprint density at radius 1 is 0.462 bits per heavy atom. The second kappa shape index (κ2) is 56.2. The van der Waals surface area contributed by atoms with Crippen LogP contribution in [0, 0.1) is 0 Å². The second-order valence-corrected chi connectivity index (χ2v) is 22.5. The van der Waals surface area contributed by atoms with E-state index >= 15 is 0 Å². The molecule has 0 aliphatic carbocycles. The molecule has 3 atom stereocenters. The number of rotatable bonds is 53. The third kappa shape index (κ3) is 56.6. The molecule has 0 heterocycles. The van der Waals surface area contributed by atoms with E-state index in [1.165, 1.54) is 51.4 Å². The van der Waals surface area contributed by atoms with E-state index in [1.54, 1.807) is 6.08 Å². The molecule has 0 fully saturated rings. The minimum Gasteiger partial charge on any atom is -0.756 e. The molecule has 0 aromatic rings. The summed E-state index contributed by atoms with van der Waals surface area (Å²) in [7, 11) is 1.11. The highest BCUT2D eigenvalue weighted by molar-refractivity contribution is 7.45. The SMILES string of the molecule is CC/C=C\C/C=C\C/C=C\C/C=C\C/C=C\C/C=C\CCCCC(=O)OC(/C=C/CCCCCCCCCCCC)C(COP(=O)([O-])OCC[N+](C)(C)C)NC(=O)CCCCC/C=C\C/C=C\C/C=C\C/C=C\C/C=C\CC. The number of esters is 1. The number of nitrogens with zero attached hydrogens (tertiary/aromatic N) is 1. The van der Waals surface area contributed by atoms with Crippen molar-refractivity contribution in [3.05, 3.63) is 146 Å². The highest BCUT2D eigenvalue weighted by Crippen LogP contribution is 2.38. The Hall–Kier alpha value is -4.11. The average Bonchev–Trinajstić information content (AvgIpc) is 3.40. The van der Waals surface area contributed by atoms with Gasteiger partial charge in [-0.05, 0) is 128 Å². The monoisotopic (exact) mass is 1100 g/mol. The Bertz CT molecular complexity index is 1840. The zero-order valence-electron chi connectivity index (χ0n) is 50.3. The predicted molar refractivity (Wildman–Crippen MR) is 334 cm³/mol. The highest BCUT2D eigenvalue weighted by Gasteiger charge is 2.27. The fourth-order valence-electron chi connectivity index (χ4n) is 7.84. The van der Waals surface area contributed by atoms with Gasteiger partial charge in [0.25, 0.3) is 7.82 Å². The maximum atomic E-state index is 13.5. The molecular weight excluding hydrogens is 988 g/mol. The van der Waals surface area contributed by atoms with E-state index in [-0.39, 0.29) is 25.4 Å². The largest absolute Gasteiger partial charge is 0.756 e. The molecular formula is C68H113N2O7P. The first-order valence-electron chi connectivity index (χ1n) is 30.6. The van der Waals surface area contributed by atoms with Crippen LogP contribution < -0.4 is 10.2 Å². The van der Waals surface area contributed by atoms with Gasteiger partial charge in [0, 0.05) is 12.8 Å². The van der Waals surface area contributed by atoms with Crippen molar-refractivity contribution in [1.29, 1.82) is 0 Å². The van der Waals surface area contributed by atoms with E-state index in [0.29, 0.717) is 23.9 Å². The van der Waals surface area contributed by atoms with Crippen molar-refractivity contribution < 1.29 is 37.3 Å². The van der Waals surface area contributed by atoms with Gasteiger partial charge in [0.2, 0.25) is 5.91 Å². The Kier molecular flexibility index (Phi) is 53.2. The van der Waals surface area contributed by atoms with Crippen LogP contribution in [0.15, 0.2) is 146 Å². The number of nitrogens with one attached hydrogen (secondary N) is 1. The number of quaternary nitrogens is 1. The standard InChI is InChI=1S/C68H113N2O7P/c1-7-10-13-16-19-22-25-28-30-32-34-35-37-39-41-43-46-49-52-55-58-61-68(72)77-66(59-56-53-50-47-44-27-24-21-18-15-12-9-3)65(64-76-78(73,74)75-63-62-70(4,5)6)69-67(71)60-57-54-51-48-45-42-40-38-36-33-31-29-26-23-20-17-14-11-8-2/h10-11,13-14,19-20,22-23,28-31,34-36,38-39,41-42,45-46,49,56,59,65-66H,7-9,12,15-18,21,24-27,32-33,37,40,43-44,47-48,50-55,57-58,60-64H2,1-6H3,(H-,69,71,73,74)/b13-10-,14-11-,22-19-,23-20-,30-28-,31-29-,35-34-,38-36-,41-39-,45-42-,49-46-,59-56+. The first kappa shape index (κ1) is 73.9. The zero-order valence-corrected chi connectivity index (χ0v) is 51.2. The van der Waals surface area contributed by atoms with Gasteiger partial charge in [0.15, 0.2) is 0 Å². The van der Waals surface area contributed by atoms with Crippen LogP contribution in [-0.2, 0) is 27.9 Å². The quantitative estimate of drug-likeness (QED) is 0.0212. The molecule has 0 saturated carbocycles. The summed E-state index contributed by atoms with van der Waals surface area (Å²) < 4.78 is 30.2. The molecule has 0 saturated heterocycles. The third-order valence-corrected chi connectivity index (χ3v) is 13.5. The van der Waals surface area contributed by atoms with E-state index in [1.807, 2.05) is 27.2 Å². The molecule has 0 spiro atoms. The molecule has 0 aromatic carbocycles. The third-order valence-electron chi connectivity index (χ3n) is 12.5. The van der Waals surface area contributed by atoms with Crippen LogP contribution in [0.3, 0.4) is 0 Å². The van der Waals surface area contributed by atoms with Crippen LogP contribution in [-0.4, -0.2) is 69.4 Å². The summed E-state index contributed by atoms with van der Waals surface area (Å²) in [4.78, 5) is 40.0. The molecule has 10 heteroatoms. The number of hydrogen-bond acceptors (Lipinski definition) is 7. The summed E-state index contributed by atoms with van der Waals surface area (Å²) in [5.41, 5.74) is 0. The summed E-state index contributed by atoms with van der Waals surface area (Å²) >= 11 is 0. The van der Waals surface area contributed by atoms with Crippen LogP contribution in [0.25, 0.3) is 0 Å². The van der Waals surface area contributed by atoms with Crippen LogP contribution in [0.2, 0.25) is 0 Å². The number of ether oxygens (including phenoxy) is 1. The number of hydrogen-bond donors (Lipinski definition) is 1. The summed E-state index contributed by atoms with van der Waals surface area (Å²) in [5.74, 6) is -0.643. The minimum absolute atomic E-state index is 0.0450. The summed E-state index contributed by atoms with van der Waals surface area (Å²) in [6.45, 7) is 6.53. The van der Waals surface area contributed by atoms with Gasteiger partial charge < -0.3 is 28.5 Å². The van der Waals surface area contributed by atoms with Gasteiger partial charge in [-0.3, -0.25) is 14.2 Å². The van der Waals surface area contributed by atoms with E-state index in [9.17, 15) is 19.0 Å². The minimum atomic E-state index is -4.73. The van der Waals surface area contributed by atoms with E-state index in [0.717, 1.165) is 122 Å². The normalized spacial score (nSPS) is 14.7. The molecule has 1 N–H and O–H groups in total. The molecule has 9 nitrogen and oxygen atoms in total. The fraction of sp³-hybridized carbons (Fsp3) is 0.618. The molecule has 0 radical (unpaired) electrons. The van der Waals surface area contributed by atoms with Crippen LogP contribution in [0.1, 0.15) is 220 Å². The van der Waals surface area contributed by atoms with Crippen LogP contribution in [0.4, 0.5) is 0 Å².